The lowest BCUT2D eigenvalue weighted by Gasteiger charge is -2.33. The van der Waals surface area contributed by atoms with Crippen molar-refractivity contribution in [2.75, 3.05) is 24.5 Å². The van der Waals surface area contributed by atoms with Crippen LogP contribution in [-0.2, 0) is 11.2 Å². The van der Waals surface area contributed by atoms with E-state index in [2.05, 4.69) is 30.1 Å². The Hall–Kier alpha value is -2.44. The number of aryl methyl sites for hydroxylation is 1. The van der Waals surface area contributed by atoms with Crippen LogP contribution in [-0.4, -0.2) is 40.8 Å². The van der Waals surface area contributed by atoms with E-state index >= 15 is 0 Å². The highest BCUT2D eigenvalue weighted by Crippen LogP contribution is 2.20. The molecule has 2 aromatic rings. The maximum atomic E-state index is 12.0. The molecule has 0 saturated carbocycles. The van der Waals surface area contributed by atoms with Crippen LogP contribution < -0.4 is 10.2 Å². The number of amides is 1. The fourth-order valence-corrected chi connectivity index (χ4v) is 2.86. The Labute approximate surface area is 135 Å². The van der Waals surface area contributed by atoms with Gasteiger partial charge in [0, 0.05) is 25.8 Å². The van der Waals surface area contributed by atoms with Gasteiger partial charge >= 0.3 is 0 Å². The second-order valence-electron chi connectivity index (χ2n) is 5.92. The number of piperidine rings is 1. The zero-order valence-corrected chi connectivity index (χ0v) is 13.2. The minimum absolute atomic E-state index is 0.0428. The van der Waals surface area contributed by atoms with Crippen molar-refractivity contribution in [3.05, 3.63) is 35.8 Å². The van der Waals surface area contributed by atoms with Crippen LogP contribution in [0.25, 0.3) is 0 Å². The maximum absolute atomic E-state index is 12.0. The molecule has 1 aliphatic heterocycles. The summed E-state index contributed by atoms with van der Waals surface area (Å²) < 4.78 is 4.61. The van der Waals surface area contributed by atoms with Gasteiger partial charge in [0.1, 0.15) is 17.2 Å². The second kappa shape index (κ2) is 7.21. The first-order valence-electron chi connectivity index (χ1n) is 7.93. The van der Waals surface area contributed by atoms with Crippen LogP contribution in [0.3, 0.4) is 0 Å². The minimum atomic E-state index is -0.0428. The van der Waals surface area contributed by atoms with Crippen molar-refractivity contribution in [1.82, 2.24) is 20.6 Å². The fourth-order valence-electron chi connectivity index (χ4n) is 2.86. The number of pyridine rings is 1. The zero-order chi connectivity index (χ0) is 16.1. The van der Waals surface area contributed by atoms with Crippen molar-refractivity contribution in [2.45, 2.75) is 26.2 Å². The Kier molecular flexibility index (Phi) is 4.85. The summed E-state index contributed by atoms with van der Waals surface area (Å²) in [7, 11) is 0. The molecule has 3 rings (SSSR count). The lowest BCUT2D eigenvalue weighted by Crippen LogP contribution is -2.41. The quantitative estimate of drug-likeness (QED) is 0.896. The maximum Gasteiger partial charge on any atom is 0.226 e. The van der Waals surface area contributed by atoms with Crippen LogP contribution in [0.5, 0.6) is 0 Å². The van der Waals surface area contributed by atoms with Crippen molar-refractivity contribution in [1.29, 1.82) is 0 Å². The molecule has 0 aliphatic carbocycles. The normalized spacial score (nSPS) is 18.0. The van der Waals surface area contributed by atoms with Crippen molar-refractivity contribution >= 4 is 11.7 Å². The number of aromatic nitrogens is 3. The molecule has 0 bridgehead atoms. The van der Waals surface area contributed by atoms with E-state index in [0.717, 1.165) is 31.7 Å². The van der Waals surface area contributed by atoms with Crippen LogP contribution in [0.4, 0.5) is 5.82 Å². The number of nitrogens with one attached hydrogen (secondary N) is 1. The highest BCUT2D eigenvalue weighted by atomic mass is 16.6. The first kappa shape index (κ1) is 15.5. The van der Waals surface area contributed by atoms with Crippen LogP contribution >= 0.6 is 0 Å². The Morgan fingerprint density at radius 1 is 1.43 bits per heavy atom. The van der Waals surface area contributed by atoms with Gasteiger partial charge in [-0.3, -0.25) is 4.79 Å². The number of anilines is 1. The number of hydrogen-bond acceptors (Lipinski definition) is 6. The molecule has 1 atom stereocenters. The van der Waals surface area contributed by atoms with Crippen molar-refractivity contribution in [3.8, 4) is 0 Å². The molecule has 1 fully saturated rings. The molecule has 1 amide bonds. The topological polar surface area (TPSA) is 84.1 Å². The van der Waals surface area contributed by atoms with E-state index in [4.69, 9.17) is 0 Å². The van der Waals surface area contributed by atoms with E-state index in [1.807, 2.05) is 24.4 Å². The SMILES string of the molecule is Cc1nonc1CC(=O)NC[C@H]1CCCN(c2ccccn2)C1. The highest BCUT2D eigenvalue weighted by molar-refractivity contribution is 5.78. The molecule has 0 radical (unpaired) electrons. The van der Waals surface area contributed by atoms with Gasteiger partial charge in [-0.1, -0.05) is 16.4 Å². The third-order valence-corrected chi connectivity index (χ3v) is 4.15. The number of hydrogen-bond donors (Lipinski definition) is 1. The number of carbonyl (C=O) groups excluding carboxylic acids is 1. The van der Waals surface area contributed by atoms with E-state index in [1.165, 1.54) is 0 Å². The van der Waals surface area contributed by atoms with E-state index < -0.39 is 0 Å². The van der Waals surface area contributed by atoms with Crippen LogP contribution in [0.1, 0.15) is 24.2 Å². The van der Waals surface area contributed by atoms with Crippen LogP contribution in [0.15, 0.2) is 29.0 Å². The molecule has 0 spiro atoms. The Morgan fingerprint density at radius 2 is 2.35 bits per heavy atom. The molecule has 7 heteroatoms. The van der Waals surface area contributed by atoms with Crippen molar-refractivity contribution in [3.63, 3.8) is 0 Å². The molecule has 2 aromatic heterocycles. The molecular formula is C16H21N5O2. The molecule has 1 N–H and O–H groups in total. The van der Waals surface area contributed by atoms with Gasteiger partial charge < -0.3 is 10.2 Å². The van der Waals surface area contributed by atoms with Gasteiger partial charge in [0.25, 0.3) is 0 Å². The lowest BCUT2D eigenvalue weighted by atomic mass is 9.98. The molecule has 122 valence electrons. The van der Waals surface area contributed by atoms with Crippen molar-refractivity contribution < 1.29 is 9.42 Å². The zero-order valence-electron chi connectivity index (χ0n) is 13.2. The Bertz CT molecular complexity index is 643. The van der Waals surface area contributed by atoms with E-state index in [0.29, 0.717) is 23.9 Å². The summed E-state index contributed by atoms with van der Waals surface area (Å²) in [5.41, 5.74) is 1.26. The summed E-state index contributed by atoms with van der Waals surface area (Å²) in [5.74, 6) is 1.40. The number of nitrogens with zero attached hydrogens (tertiary/aromatic N) is 4. The highest BCUT2D eigenvalue weighted by Gasteiger charge is 2.21. The third-order valence-electron chi connectivity index (χ3n) is 4.15. The summed E-state index contributed by atoms with van der Waals surface area (Å²) in [4.78, 5) is 18.7. The van der Waals surface area contributed by atoms with Gasteiger partial charge in [-0.2, -0.15) is 0 Å². The summed E-state index contributed by atoms with van der Waals surface area (Å²) in [6.07, 6.45) is 4.26. The Balaban J connectivity index is 1.48. The third kappa shape index (κ3) is 4.06. The van der Waals surface area contributed by atoms with E-state index in [-0.39, 0.29) is 12.3 Å². The van der Waals surface area contributed by atoms with Gasteiger partial charge in [-0.25, -0.2) is 9.61 Å². The van der Waals surface area contributed by atoms with E-state index in [1.54, 1.807) is 6.92 Å². The summed E-state index contributed by atoms with van der Waals surface area (Å²) >= 11 is 0. The number of rotatable bonds is 5. The summed E-state index contributed by atoms with van der Waals surface area (Å²) in [6.45, 7) is 4.39. The lowest BCUT2D eigenvalue weighted by molar-refractivity contribution is -0.120. The second-order valence-corrected chi connectivity index (χ2v) is 5.92. The molecule has 1 aliphatic rings. The van der Waals surface area contributed by atoms with Crippen LogP contribution in [0, 0.1) is 12.8 Å². The fraction of sp³-hybridized carbons (Fsp3) is 0.500. The molecule has 0 aromatic carbocycles. The minimum Gasteiger partial charge on any atom is -0.356 e. The standard InChI is InChI=1S/C16H21N5O2/c1-12-14(20-23-19-12)9-16(22)18-10-13-5-4-8-21(11-13)15-6-2-3-7-17-15/h2-3,6-7,13H,4-5,8-11H2,1H3,(H,18,22)/t13-/m1/s1. The predicted molar refractivity (Wildman–Crippen MR) is 84.9 cm³/mol. The van der Waals surface area contributed by atoms with Crippen LogP contribution in [0.2, 0.25) is 0 Å². The summed E-state index contributed by atoms with van der Waals surface area (Å²) in [6, 6.07) is 5.95. The van der Waals surface area contributed by atoms with Gasteiger partial charge in [-0.05, 0) is 37.8 Å². The monoisotopic (exact) mass is 315 g/mol. The first-order valence-corrected chi connectivity index (χ1v) is 7.93. The number of carbonyl (C=O) groups is 1. The van der Waals surface area contributed by atoms with Gasteiger partial charge in [0.2, 0.25) is 5.91 Å². The van der Waals surface area contributed by atoms with Gasteiger partial charge in [-0.15, -0.1) is 0 Å². The Morgan fingerprint density at radius 3 is 3.09 bits per heavy atom. The molecular weight excluding hydrogens is 294 g/mol. The van der Waals surface area contributed by atoms with E-state index in [9.17, 15) is 4.79 Å². The smallest absolute Gasteiger partial charge is 0.226 e. The predicted octanol–water partition coefficient (Wildman–Crippen LogP) is 1.35. The molecule has 7 nitrogen and oxygen atoms in total. The molecule has 0 unspecified atom stereocenters. The first-order chi connectivity index (χ1) is 11.2. The van der Waals surface area contributed by atoms with Crippen molar-refractivity contribution in [2.24, 2.45) is 5.92 Å². The molecule has 3 heterocycles. The average molecular weight is 315 g/mol. The molecule has 1 saturated heterocycles. The van der Waals surface area contributed by atoms with Gasteiger partial charge in [0.05, 0.1) is 6.42 Å². The summed E-state index contributed by atoms with van der Waals surface area (Å²) in [5, 5.41) is 10.4. The molecule has 23 heavy (non-hydrogen) atoms. The largest absolute Gasteiger partial charge is 0.356 e. The van der Waals surface area contributed by atoms with Gasteiger partial charge in [0.15, 0.2) is 0 Å². The average Bonchev–Trinajstić information content (AvgIpc) is 2.99.